The fraction of sp³-hybridized carbons (Fsp3) is 0.300. The van der Waals surface area contributed by atoms with Gasteiger partial charge in [0.25, 0.3) is 0 Å². The first-order valence-corrected chi connectivity index (χ1v) is 5.62. The Morgan fingerprint density at radius 2 is 2.36 bits per heavy atom. The lowest BCUT2D eigenvalue weighted by molar-refractivity contribution is 0.555. The van der Waals surface area contributed by atoms with E-state index in [4.69, 9.17) is 0 Å². The molecule has 14 heavy (non-hydrogen) atoms. The molecule has 2 rings (SSSR count). The lowest BCUT2D eigenvalue weighted by atomic mass is 10.3. The van der Waals surface area contributed by atoms with Gasteiger partial charge in [0.1, 0.15) is 0 Å². The smallest absolute Gasteiger partial charge is 0.198 e. The highest BCUT2D eigenvalue weighted by atomic mass is 127. The van der Waals surface area contributed by atoms with Gasteiger partial charge in [0.05, 0.1) is 6.54 Å². The molecule has 1 aromatic rings. The van der Waals surface area contributed by atoms with Crippen molar-refractivity contribution in [2.75, 3.05) is 25.5 Å². The number of guanidine groups is 1. The van der Waals surface area contributed by atoms with Crippen LogP contribution in [0.2, 0.25) is 0 Å². The van der Waals surface area contributed by atoms with Crippen LogP contribution in [0.3, 0.4) is 0 Å². The zero-order valence-electron chi connectivity index (χ0n) is 8.00. The molecule has 1 heterocycles. The van der Waals surface area contributed by atoms with Crippen molar-refractivity contribution < 1.29 is 0 Å². The average molecular weight is 301 g/mol. The second-order valence-corrected chi connectivity index (χ2v) is 4.51. The van der Waals surface area contributed by atoms with Gasteiger partial charge in [-0.2, -0.15) is 0 Å². The van der Waals surface area contributed by atoms with Crippen molar-refractivity contribution in [1.29, 1.82) is 0 Å². The fourth-order valence-corrected chi connectivity index (χ4v) is 1.91. The highest BCUT2D eigenvalue weighted by Gasteiger charge is 2.11. The Bertz CT molecular complexity index is 362. The highest BCUT2D eigenvalue weighted by Crippen LogP contribution is 2.13. The van der Waals surface area contributed by atoms with E-state index in [-0.39, 0.29) is 0 Å². The summed E-state index contributed by atoms with van der Waals surface area (Å²) >= 11 is 2.30. The Kier molecular flexibility index (Phi) is 2.90. The van der Waals surface area contributed by atoms with Crippen LogP contribution in [0.25, 0.3) is 0 Å². The monoisotopic (exact) mass is 301 g/mol. The van der Waals surface area contributed by atoms with Gasteiger partial charge in [-0.05, 0) is 40.8 Å². The van der Waals surface area contributed by atoms with E-state index >= 15 is 0 Å². The van der Waals surface area contributed by atoms with Crippen molar-refractivity contribution >= 4 is 34.2 Å². The van der Waals surface area contributed by atoms with Crippen LogP contribution < -0.4 is 5.32 Å². The predicted molar refractivity (Wildman–Crippen MR) is 67.7 cm³/mol. The van der Waals surface area contributed by atoms with Crippen molar-refractivity contribution in [3.8, 4) is 0 Å². The van der Waals surface area contributed by atoms with Crippen molar-refractivity contribution in [3.63, 3.8) is 0 Å². The van der Waals surface area contributed by atoms with Crippen LogP contribution in [-0.2, 0) is 0 Å². The molecule has 0 fully saturated rings. The normalized spacial score (nSPS) is 15.6. The average Bonchev–Trinajstić information content (AvgIpc) is 2.52. The summed E-state index contributed by atoms with van der Waals surface area (Å²) in [5, 5.41) is 3.30. The summed E-state index contributed by atoms with van der Waals surface area (Å²) in [7, 11) is 2.05. The highest BCUT2D eigenvalue weighted by molar-refractivity contribution is 14.1. The summed E-state index contributed by atoms with van der Waals surface area (Å²) in [4.78, 5) is 6.50. The van der Waals surface area contributed by atoms with Crippen LogP contribution in [0.1, 0.15) is 0 Å². The van der Waals surface area contributed by atoms with Crippen LogP contribution in [0.5, 0.6) is 0 Å². The number of nitrogens with one attached hydrogen (secondary N) is 1. The van der Waals surface area contributed by atoms with Gasteiger partial charge < -0.3 is 10.2 Å². The first kappa shape index (κ1) is 9.76. The number of halogens is 1. The van der Waals surface area contributed by atoms with E-state index in [1.807, 2.05) is 13.1 Å². The molecule has 4 heteroatoms. The van der Waals surface area contributed by atoms with E-state index in [2.05, 4.69) is 56.0 Å². The summed E-state index contributed by atoms with van der Waals surface area (Å²) in [5.74, 6) is 0.965. The van der Waals surface area contributed by atoms with Crippen LogP contribution >= 0.6 is 22.6 Å². The predicted octanol–water partition coefficient (Wildman–Crippen LogP) is 2.00. The third kappa shape index (κ3) is 2.17. The van der Waals surface area contributed by atoms with Gasteiger partial charge in [-0.1, -0.05) is 6.07 Å². The zero-order chi connectivity index (χ0) is 9.97. The lowest BCUT2D eigenvalue weighted by Gasteiger charge is -2.15. The Labute approximate surface area is 97.4 Å². The molecule has 0 saturated heterocycles. The molecule has 1 aliphatic rings. The van der Waals surface area contributed by atoms with Crippen molar-refractivity contribution in [2.24, 2.45) is 4.99 Å². The van der Waals surface area contributed by atoms with Gasteiger partial charge in [0.15, 0.2) is 5.96 Å². The minimum absolute atomic E-state index is 0.892. The Balaban J connectivity index is 2.11. The Morgan fingerprint density at radius 1 is 1.50 bits per heavy atom. The third-order valence-electron chi connectivity index (χ3n) is 2.14. The molecule has 74 valence electrons. The van der Waals surface area contributed by atoms with Gasteiger partial charge in [0.2, 0.25) is 0 Å². The van der Waals surface area contributed by atoms with E-state index < -0.39 is 0 Å². The number of hydrogen-bond donors (Lipinski definition) is 1. The molecule has 3 nitrogen and oxygen atoms in total. The van der Waals surface area contributed by atoms with E-state index in [1.165, 1.54) is 3.57 Å². The van der Waals surface area contributed by atoms with Crippen LogP contribution in [0, 0.1) is 3.57 Å². The van der Waals surface area contributed by atoms with Crippen LogP contribution in [0.15, 0.2) is 29.3 Å². The summed E-state index contributed by atoms with van der Waals surface area (Å²) in [6.45, 7) is 1.90. The first-order chi connectivity index (χ1) is 6.75. The lowest BCUT2D eigenvalue weighted by Crippen LogP contribution is -2.29. The molecule has 1 N–H and O–H groups in total. The molecule has 1 aliphatic heterocycles. The van der Waals surface area contributed by atoms with E-state index in [9.17, 15) is 0 Å². The Hall–Kier alpha value is -0.780. The van der Waals surface area contributed by atoms with E-state index in [0.717, 1.165) is 24.7 Å². The van der Waals surface area contributed by atoms with Crippen LogP contribution in [-0.4, -0.2) is 31.0 Å². The molecule has 0 aliphatic carbocycles. The largest absolute Gasteiger partial charge is 0.344 e. The maximum absolute atomic E-state index is 4.37. The minimum atomic E-state index is 0.892. The number of benzene rings is 1. The maximum atomic E-state index is 4.37. The van der Waals surface area contributed by atoms with Crippen LogP contribution in [0.4, 0.5) is 5.69 Å². The number of nitrogens with zero attached hydrogens (tertiary/aromatic N) is 2. The van der Waals surface area contributed by atoms with Crippen molar-refractivity contribution in [2.45, 2.75) is 0 Å². The molecule has 0 aromatic heterocycles. The quantitative estimate of drug-likeness (QED) is 0.804. The van der Waals surface area contributed by atoms with Crippen molar-refractivity contribution in [3.05, 3.63) is 27.8 Å². The van der Waals surface area contributed by atoms with E-state index in [1.54, 1.807) is 0 Å². The van der Waals surface area contributed by atoms with Gasteiger partial charge in [-0.15, -0.1) is 0 Å². The summed E-state index contributed by atoms with van der Waals surface area (Å²) in [6.07, 6.45) is 0. The number of rotatable bonds is 1. The number of aliphatic imine (C=N–C) groups is 1. The molecule has 0 radical (unpaired) electrons. The second kappa shape index (κ2) is 4.16. The van der Waals surface area contributed by atoms with Crippen molar-refractivity contribution in [1.82, 2.24) is 4.90 Å². The molecule has 0 saturated carbocycles. The number of likely N-dealkylation sites (N-methyl/N-ethyl adjacent to an activating group) is 1. The molecule has 0 unspecified atom stereocenters. The molecule has 1 aromatic carbocycles. The molecule has 0 spiro atoms. The van der Waals surface area contributed by atoms with Gasteiger partial charge >= 0.3 is 0 Å². The summed E-state index contributed by atoms with van der Waals surface area (Å²) in [6, 6.07) is 8.28. The minimum Gasteiger partial charge on any atom is -0.344 e. The first-order valence-electron chi connectivity index (χ1n) is 4.54. The molecular weight excluding hydrogens is 289 g/mol. The molecule has 0 amide bonds. The topological polar surface area (TPSA) is 27.6 Å². The van der Waals surface area contributed by atoms with Gasteiger partial charge in [0, 0.05) is 22.8 Å². The number of hydrogen-bond acceptors (Lipinski definition) is 3. The number of anilines is 1. The fourth-order valence-electron chi connectivity index (χ4n) is 1.36. The molecular formula is C10H12IN3. The maximum Gasteiger partial charge on any atom is 0.198 e. The Morgan fingerprint density at radius 3 is 3.00 bits per heavy atom. The van der Waals surface area contributed by atoms with Gasteiger partial charge in [-0.25, -0.2) is 0 Å². The third-order valence-corrected chi connectivity index (χ3v) is 2.81. The van der Waals surface area contributed by atoms with E-state index in [0.29, 0.717) is 0 Å². The summed E-state index contributed by atoms with van der Waals surface area (Å²) < 4.78 is 1.23. The standard InChI is InChI=1S/C10H12IN3/c1-14-6-5-12-10(14)13-9-4-2-3-8(11)7-9/h2-4,7H,5-6H2,1H3,(H,12,13). The second-order valence-electron chi connectivity index (χ2n) is 3.26. The van der Waals surface area contributed by atoms with Gasteiger partial charge in [-0.3, -0.25) is 4.99 Å². The zero-order valence-corrected chi connectivity index (χ0v) is 10.2. The SMILES string of the molecule is CN1CCN=C1Nc1cccc(I)c1. The molecule has 0 atom stereocenters. The summed E-state index contributed by atoms with van der Waals surface area (Å²) in [5.41, 5.74) is 1.10. The molecule has 0 bridgehead atoms.